The molecule has 6 heteroatoms. The van der Waals surface area contributed by atoms with Gasteiger partial charge >= 0.3 is 0 Å². The van der Waals surface area contributed by atoms with Crippen LogP contribution in [-0.2, 0) is 22.6 Å². The average Bonchev–Trinajstić information content (AvgIpc) is 2.79. The summed E-state index contributed by atoms with van der Waals surface area (Å²) in [5.74, 6) is 1.27. The number of methoxy groups -OCH3 is 1. The third-order valence-electron chi connectivity index (χ3n) is 5.06. The topological polar surface area (TPSA) is 67.9 Å². The van der Waals surface area contributed by atoms with Crippen LogP contribution in [0.25, 0.3) is 0 Å². The van der Waals surface area contributed by atoms with E-state index in [1.807, 2.05) is 62.4 Å². The van der Waals surface area contributed by atoms with Crippen molar-refractivity contribution in [3.8, 4) is 11.5 Å². The van der Waals surface area contributed by atoms with Gasteiger partial charge in [-0.25, -0.2) is 0 Å². The molecule has 6 nitrogen and oxygen atoms in total. The van der Waals surface area contributed by atoms with Gasteiger partial charge in [-0.15, -0.1) is 0 Å². The smallest absolute Gasteiger partial charge is 0.261 e. The van der Waals surface area contributed by atoms with Crippen LogP contribution in [0, 0.1) is 5.92 Å². The van der Waals surface area contributed by atoms with Crippen LogP contribution < -0.4 is 14.8 Å². The summed E-state index contributed by atoms with van der Waals surface area (Å²) in [6, 6.07) is 14.5. The van der Waals surface area contributed by atoms with E-state index in [0.717, 1.165) is 17.7 Å². The molecule has 1 N–H and O–H groups in total. The highest BCUT2D eigenvalue weighted by molar-refractivity contribution is 5.87. The van der Waals surface area contributed by atoms with Crippen LogP contribution in [-0.4, -0.2) is 43.0 Å². The number of amides is 2. The van der Waals surface area contributed by atoms with Gasteiger partial charge < -0.3 is 19.7 Å². The molecule has 2 aromatic carbocycles. The molecule has 0 radical (unpaired) electrons. The molecule has 0 aliphatic carbocycles. The highest BCUT2D eigenvalue weighted by atomic mass is 16.5. The van der Waals surface area contributed by atoms with Crippen molar-refractivity contribution >= 4 is 11.8 Å². The normalized spacial score (nSPS) is 11.7. The van der Waals surface area contributed by atoms with E-state index in [-0.39, 0.29) is 18.4 Å². The first kappa shape index (κ1) is 24.3. The molecule has 0 aliphatic heterocycles. The van der Waals surface area contributed by atoms with Gasteiger partial charge in [-0.05, 0) is 54.7 Å². The Morgan fingerprint density at radius 2 is 1.52 bits per heavy atom. The lowest BCUT2D eigenvalue weighted by molar-refractivity contribution is -0.142. The maximum atomic E-state index is 13.0. The van der Waals surface area contributed by atoms with E-state index in [1.165, 1.54) is 5.56 Å². The summed E-state index contributed by atoms with van der Waals surface area (Å²) in [6.45, 7) is 8.62. The third-order valence-corrected chi connectivity index (χ3v) is 5.06. The van der Waals surface area contributed by atoms with Gasteiger partial charge in [0.2, 0.25) is 5.91 Å². The standard InChI is InChI=1S/C25H34N2O4/c1-6-20-7-13-23(14-8-20)31-17-24(28)27(19(4)25(29)26-15-18(2)3)16-21-9-11-22(30-5)12-10-21/h7-14,18-19H,6,15-17H2,1-5H3,(H,26,29)/t19-/m1/s1. The number of nitrogens with zero attached hydrogens (tertiary/aromatic N) is 1. The summed E-state index contributed by atoms with van der Waals surface area (Å²) in [5, 5.41) is 2.91. The molecule has 0 heterocycles. The van der Waals surface area contributed by atoms with E-state index < -0.39 is 6.04 Å². The second-order valence-corrected chi connectivity index (χ2v) is 7.97. The van der Waals surface area contributed by atoms with Crippen LogP contribution in [0.3, 0.4) is 0 Å². The van der Waals surface area contributed by atoms with Gasteiger partial charge in [0.25, 0.3) is 5.91 Å². The molecule has 0 bridgehead atoms. The number of hydrogen-bond donors (Lipinski definition) is 1. The molecule has 0 unspecified atom stereocenters. The Morgan fingerprint density at radius 3 is 2.06 bits per heavy atom. The first-order chi connectivity index (χ1) is 14.8. The minimum Gasteiger partial charge on any atom is -0.497 e. The summed E-state index contributed by atoms with van der Waals surface area (Å²) in [7, 11) is 1.61. The molecule has 2 amide bonds. The zero-order chi connectivity index (χ0) is 22.8. The van der Waals surface area contributed by atoms with E-state index in [1.54, 1.807) is 18.9 Å². The number of rotatable bonds is 11. The number of benzene rings is 2. The average molecular weight is 427 g/mol. The molecule has 0 aliphatic rings. The van der Waals surface area contributed by atoms with Crippen LogP contribution in [0.15, 0.2) is 48.5 Å². The van der Waals surface area contributed by atoms with Crippen molar-refractivity contribution in [3.05, 3.63) is 59.7 Å². The van der Waals surface area contributed by atoms with Gasteiger partial charge in [0.1, 0.15) is 17.5 Å². The van der Waals surface area contributed by atoms with Crippen molar-refractivity contribution in [1.82, 2.24) is 10.2 Å². The number of ether oxygens (including phenoxy) is 2. The number of carbonyl (C=O) groups excluding carboxylic acids is 2. The molecule has 0 fully saturated rings. The highest BCUT2D eigenvalue weighted by Crippen LogP contribution is 2.16. The fourth-order valence-corrected chi connectivity index (χ4v) is 3.01. The summed E-state index contributed by atoms with van der Waals surface area (Å²) in [5.41, 5.74) is 2.11. The van der Waals surface area contributed by atoms with E-state index in [0.29, 0.717) is 24.8 Å². The minimum absolute atomic E-state index is 0.135. The van der Waals surface area contributed by atoms with Gasteiger partial charge in [0.15, 0.2) is 6.61 Å². The molecule has 0 saturated heterocycles. The lowest BCUT2D eigenvalue weighted by Crippen LogP contribution is -2.49. The fourth-order valence-electron chi connectivity index (χ4n) is 3.01. The predicted octanol–water partition coefficient (Wildman–Crippen LogP) is 3.83. The van der Waals surface area contributed by atoms with Crippen LogP contribution in [0.1, 0.15) is 38.8 Å². The van der Waals surface area contributed by atoms with Crippen molar-refractivity contribution in [2.75, 3.05) is 20.3 Å². The summed E-state index contributed by atoms with van der Waals surface area (Å²) >= 11 is 0. The van der Waals surface area contributed by atoms with Crippen LogP contribution >= 0.6 is 0 Å². The Hall–Kier alpha value is -3.02. The lowest BCUT2D eigenvalue weighted by Gasteiger charge is -2.29. The molecular formula is C25H34N2O4. The minimum atomic E-state index is -0.626. The van der Waals surface area contributed by atoms with Crippen molar-refractivity contribution in [3.63, 3.8) is 0 Å². The Bertz CT molecular complexity index is 832. The van der Waals surface area contributed by atoms with Crippen molar-refractivity contribution in [2.24, 2.45) is 5.92 Å². The molecule has 168 valence electrons. The van der Waals surface area contributed by atoms with Crippen molar-refractivity contribution < 1.29 is 19.1 Å². The molecule has 2 rings (SSSR count). The fraction of sp³-hybridized carbons (Fsp3) is 0.440. The zero-order valence-electron chi connectivity index (χ0n) is 19.2. The third kappa shape index (κ3) is 7.63. The number of carbonyl (C=O) groups is 2. The molecular weight excluding hydrogens is 392 g/mol. The molecule has 2 aromatic rings. The number of nitrogens with one attached hydrogen (secondary N) is 1. The maximum Gasteiger partial charge on any atom is 0.261 e. The van der Waals surface area contributed by atoms with Gasteiger partial charge in [-0.3, -0.25) is 9.59 Å². The molecule has 0 saturated carbocycles. The van der Waals surface area contributed by atoms with E-state index >= 15 is 0 Å². The number of hydrogen-bond acceptors (Lipinski definition) is 4. The largest absolute Gasteiger partial charge is 0.497 e. The van der Waals surface area contributed by atoms with Gasteiger partial charge in [-0.1, -0.05) is 45.0 Å². The monoisotopic (exact) mass is 426 g/mol. The number of aryl methyl sites for hydroxylation is 1. The predicted molar refractivity (Wildman–Crippen MR) is 122 cm³/mol. The van der Waals surface area contributed by atoms with Gasteiger partial charge in [-0.2, -0.15) is 0 Å². The Balaban J connectivity index is 2.11. The van der Waals surface area contributed by atoms with Gasteiger partial charge in [0.05, 0.1) is 7.11 Å². The van der Waals surface area contributed by atoms with Crippen LogP contribution in [0.5, 0.6) is 11.5 Å². The van der Waals surface area contributed by atoms with E-state index in [2.05, 4.69) is 12.2 Å². The molecule has 0 spiro atoms. The Morgan fingerprint density at radius 1 is 0.935 bits per heavy atom. The summed E-state index contributed by atoms with van der Waals surface area (Å²) in [4.78, 5) is 27.3. The Kier molecular flexibility index (Phi) is 9.38. The van der Waals surface area contributed by atoms with E-state index in [4.69, 9.17) is 9.47 Å². The first-order valence-electron chi connectivity index (χ1n) is 10.8. The molecule has 0 aromatic heterocycles. The molecule has 1 atom stereocenters. The summed E-state index contributed by atoms with van der Waals surface area (Å²) in [6.07, 6.45) is 0.942. The lowest BCUT2D eigenvalue weighted by atomic mass is 10.1. The van der Waals surface area contributed by atoms with Crippen LogP contribution in [0.4, 0.5) is 0 Å². The Labute approximate surface area is 185 Å². The highest BCUT2D eigenvalue weighted by Gasteiger charge is 2.26. The molecule has 31 heavy (non-hydrogen) atoms. The second kappa shape index (κ2) is 12.0. The quantitative estimate of drug-likeness (QED) is 0.593. The maximum absolute atomic E-state index is 13.0. The first-order valence-corrected chi connectivity index (χ1v) is 10.8. The van der Waals surface area contributed by atoms with Crippen LogP contribution in [0.2, 0.25) is 0 Å². The zero-order valence-corrected chi connectivity index (χ0v) is 19.2. The summed E-state index contributed by atoms with van der Waals surface area (Å²) < 4.78 is 10.9. The SMILES string of the molecule is CCc1ccc(OCC(=O)N(Cc2ccc(OC)cc2)[C@H](C)C(=O)NCC(C)C)cc1. The second-order valence-electron chi connectivity index (χ2n) is 7.97. The van der Waals surface area contributed by atoms with Gasteiger partial charge in [0, 0.05) is 13.1 Å². The van der Waals surface area contributed by atoms with Crippen molar-refractivity contribution in [1.29, 1.82) is 0 Å². The van der Waals surface area contributed by atoms with Crippen molar-refractivity contribution in [2.45, 2.75) is 46.7 Å². The van der Waals surface area contributed by atoms with E-state index in [9.17, 15) is 9.59 Å².